The third-order valence-electron chi connectivity index (χ3n) is 3.99. The Morgan fingerprint density at radius 2 is 2.12 bits per heavy atom. The molecule has 6 heteroatoms. The number of aryl methyl sites for hydroxylation is 1. The number of halogens is 2. The topological polar surface area (TPSA) is 62.3 Å². The van der Waals surface area contributed by atoms with Gasteiger partial charge in [0.15, 0.2) is 5.78 Å². The molecule has 0 aliphatic heterocycles. The molecule has 0 fully saturated rings. The number of H-pyrrole nitrogens is 1. The van der Waals surface area contributed by atoms with E-state index in [0.29, 0.717) is 38.4 Å². The number of aliphatic hydroxyl groups is 1. The van der Waals surface area contributed by atoms with E-state index in [1.165, 1.54) is 6.07 Å². The van der Waals surface area contributed by atoms with E-state index in [4.69, 9.17) is 21.4 Å². The van der Waals surface area contributed by atoms with Gasteiger partial charge < -0.3 is 14.8 Å². The highest BCUT2D eigenvalue weighted by molar-refractivity contribution is 6.30. The molecular weight excluding hydrogens is 345 g/mol. The standard InChI is InChI=1S/C19H17ClFNO3/c1-11-6-14-15(10-22-17(14)9-16(11)21)18(24)7-12-2-3-13(20)8-19(12)25-5-4-23/h2-3,6,8-10,22-23H,4-5,7H2,1H3. The van der Waals surface area contributed by atoms with Crippen molar-refractivity contribution in [1.82, 2.24) is 4.98 Å². The van der Waals surface area contributed by atoms with Crippen LogP contribution in [0.4, 0.5) is 4.39 Å². The van der Waals surface area contributed by atoms with Crippen molar-refractivity contribution in [3.8, 4) is 5.75 Å². The lowest BCUT2D eigenvalue weighted by molar-refractivity contribution is 0.0993. The summed E-state index contributed by atoms with van der Waals surface area (Å²) in [6.45, 7) is 1.65. The largest absolute Gasteiger partial charge is 0.491 e. The van der Waals surface area contributed by atoms with Gasteiger partial charge in [-0.15, -0.1) is 0 Å². The van der Waals surface area contributed by atoms with E-state index in [9.17, 15) is 9.18 Å². The molecule has 0 unspecified atom stereocenters. The van der Waals surface area contributed by atoms with Crippen molar-refractivity contribution in [1.29, 1.82) is 0 Å². The summed E-state index contributed by atoms with van der Waals surface area (Å²) in [6.07, 6.45) is 1.71. The number of fused-ring (bicyclic) bond motifs is 1. The second kappa shape index (κ2) is 7.25. The lowest BCUT2D eigenvalue weighted by atomic mass is 10.0. The molecule has 1 aromatic heterocycles. The van der Waals surface area contributed by atoms with E-state index in [0.717, 1.165) is 0 Å². The zero-order chi connectivity index (χ0) is 18.0. The number of hydrogen-bond donors (Lipinski definition) is 2. The van der Waals surface area contributed by atoms with Gasteiger partial charge in [0.2, 0.25) is 0 Å². The minimum absolute atomic E-state index is 0.112. The maximum absolute atomic E-state index is 13.7. The van der Waals surface area contributed by atoms with Gasteiger partial charge in [0, 0.05) is 39.7 Å². The lowest BCUT2D eigenvalue weighted by Gasteiger charge is -2.11. The minimum atomic E-state index is -0.314. The van der Waals surface area contributed by atoms with Gasteiger partial charge in [-0.3, -0.25) is 4.79 Å². The summed E-state index contributed by atoms with van der Waals surface area (Å²) in [7, 11) is 0. The van der Waals surface area contributed by atoms with E-state index < -0.39 is 0 Å². The number of carbonyl (C=O) groups excluding carboxylic acids is 1. The number of aromatic nitrogens is 1. The van der Waals surface area contributed by atoms with Crippen LogP contribution in [0.25, 0.3) is 10.9 Å². The van der Waals surface area contributed by atoms with Crippen LogP contribution in [0.3, 0.4) is 0 Å². The first-order valence-corrected chi connectivity index (χ1v) is 8.20. The van der Waals surface area contributed by atoms with Crippen LogP contribution in [0.5, 0.6) is 5.75 Å². The van der Waals surface area contributed by atoms with Crippen LogP contribution in [-0.4, -0.2) is 29.1 Å². The molecule has 0 saturated carbocycles. The zero-order valence-corrected chi connectivity index (χ0v) is 14.4. The third-order valence-corrected chi connectivity index (χ3v) is 4.23. The Morgan fingerprint density at radius 3 is 2.88 bits per heavy atom. The Morgan fingerprint density at radius 1 is 1.32 bits per heavy atom. The monoisotopic (exact) mass is 361 g/mol. The summed E-state index contributed by atoms with van der Waals surface area (Å²) in [5.41, 5.74) is 2.25. The van der Waals surface area contributed by atoms with Crippen molar-refractivity contribution in [2.45, 2.75) is 13.3 Å². The summed E-state index contributed by atoms with van der Waals surface area (Å²) in [4.78, 5) is 15.7. The van der Waals surface area contributed by atoms with Gasteiger partial charge in [-0.1, -0.05) is 17.7 Å². The van der Waals surface area contributed by atoms with E-state index in [2.05, 4.69) is 4.98 Å². The summed E-state index contributed by atoms with van der Waals surface area (Å²) >= 11 is 5.97. The fourth-order valence-corrected chi connectivity index (χ4v) is 2.88. The number of ketones is 1. The highest BCUT2D eigenvalue weighted by Gasteiger charge is 2.16. The Labute approximate surface area is 149 Å². The minimum Gasteiger partial charge on any atom is -0.491 e. The first-order valence-electron chi connectivity index (χ1n) is 7.82. The van der Waals surface area contributed by atoms with Gasteiger partial charge in [0.1, 0.15) is 18.2 Å². The first-order chi connectivity index (χ1) is 12.0. The van der Waals surface area contributed by atoms with Crippen LogP contribution in [0.15, 0.2) is 36.5 Å². The average Bonchev–Trinajstić information content (AvgIpc) is 2.98. The predicted molar refractivity (Wildman–Crippen MR) is 95.1 cm³/mol. The SMILES string of the molecule is Cc1cc2c(C(=O)Cc3ccc(Cl)cc3OCCO)c[nH]c2cc1F. The van der Waals surface area contributed by atoms with E-state index in [1.807, 2.05) is 0 Å². The molecule has 25 heavy (non-hydrogen) atoms. The molecule has 2 N–H and O–H groups in total. The Kier molecular flexibility index (Phi) is 5.06. The van der Waals surface area contributed by atoms with Crippen LogP contribution < -0.4 is 4.74 Å². The molecule has 0 spiro atoms. The fraction of sp³-hybridized carbons (Fsp3) is 0.211. The molecule has 3 aromatic rings. The normalized spacial score (nSPS) is 11.0. The van der Waals surface area contributed by atoms with Gasteiger partial charge in [-0.05, 0) is 36.8 Å². The number of nitrogens with one attached hydrogen (secondary N) is 1. The number of aliphatic hydroxyl groups excluding tert-OH is 1. The van der Waals surface area contributed by atoms with E-state index in [-0.39, 0.29) is 31.2 Å². The molecule has 130 valence electrons. The highest BCUT2D eigenvalue weighted by atomic mass is 35.5. The molecule has 0 aliphatic carbocycles. The smallest absolute Gasteiger partial charge is 0.169 e. The molecule has 0 aliphatic rings. The maximum Gasteiger partial charge on any atom is 0.169 e. The number of carbonyl (C=O) groups is 1. The molecule has 3 rings (SSSR count). The predicted octanol–water partition coefficient (Wildman–Crippen LogP) is 4.07. The maximum atomic E-state index is 13.7. The van der Waals surface area contributed by atoms with Crippen molar-refractivity contribution in [2.24, 2.45) is 0 Å². The first kappa shape index (κ1) is 17.5. The molecule has 0 amide bonds. The molecule has 1 heterocycles. The Hall–Kier alpha value is -2.37. The molecule has 0 radical (unpaired) electrons. The van der Waals surface area contributed by atoms with E-state index in [1.54, 1.807) is 37.4 Å². The third kappa shape index (κ3) is 3.67. The highest BCUT2D eigenvalue weighted by Crippen LogP contribution is 2.27. The van der Waals surface area contributed by atoms with Crippen LogP contribution in [-0.2, 0) is 6.42 Å². The van der Waals surface area contributed by atoms with Crippen LogP contribution in [0.2, 0.25) is 5.02 Å². The number of hydrogen-bond acceptors (Lipinski definition) is 3. The molecule has 0 saturated heterocycles. The van der Waals surface area contributed by atoms with E-state index >= 15 is 0 Å². The molecular formula is C19H17ClFNO3. The fourth-order valence-electron chi connectivity index (χ4n) is 2.71. The second-order valence-electron chi connectivity index (χ2n) is 5.77. The summed E-state index contributed by atoms with van der Waals surface area (Å²) < 4.78 is 19.1. The van der Waals surface area contributed by atoms with Crippen molar-refractivity contribution in [3.63, 3.8) is 0 Å². The van der Waals surface area contributed by atoms with Crippen molar-refractivity contribution < 1.29 is 19.0 Å². The molecule has 2 aromatic carbocycles. The van der Waals surface area contributed by atoms with Gasteiger partial charge in [-0.2, -0.15) is 0 Å². The van der Waals surface area contributed by atoms with Crippen LogP contribution in [0, 0.1) is 12.7 Å². The summed E-state index contributed by atoms with van der Waals surface area (Å²) in [6, 6.07) is 8.09. The molecule has 4 nitrogen and oxygen atoms in total. The van der Waals surface area contributed by atoms with Gasteiger partial charge in [0.25, 0.3) is 0 Å². The zero-order valence-electron chi connectivity index (χ0n) is 13.6. The van der Waals surface area contributed by atoms with Gasteiger partial charge in [-0.25, -0.2) is 4.39 Å². The van der Waals surface area contributed by atoms with Crippen LogP contribution >= 0.6 is 11.6 Å². The second-order valence-corrected chi connectivity index (χ2v) is 6.21. The van der Waals surface area contributed by atoms with Crippen molar-refractivity contribution >= 4 is 28.3 Å². The summed E-state index contributed by atoms with van der Waals surface area (Å²) in [5.74, 6) is 0.0381. The van der Waals surface area contributed by atoms with Crippen molar-refractivity contribution in [2.75, 3.05) is 13.2 Å². The van der Waals surface area contributed by atoms with Gasteiger partial charge in [0.05, 0.1) is 6.61 Å². The number of ether oxygens (including phenoxy) is 1. The molecule has 0 atom stereocenters. The lowest BCUT2D eigenvalue weighted by Crippen LogP contribution is -2.08. The van der Waals surface area contributed by atoms with Gasteiger partial charge >= 0.3 is 0 Å². The Bertz CT molecular complexity index is 936. The number of aromatic amines is 1. The number of rotatable bonds is 6. The Balaban J connectivity index is 1.91. The average molecular weight is 362 g/mol. The quantitative estimate of drug-likeness (QED) is 0.651. The molecule has 0 bridgehead atoms. The van der Waals surface area contributed by atoms with Crippen LogP contribution in [0.1, 0.15) is 21.5 Å². The number of benzene rings is 2. The number of Topliss-reactive ketones (excluding diaryl/α,β-unsaturated/α-hetero) is 1. The summed E-state index contributed by atoms with van der Waals surface area (Å²) in [5, 5.41) is 10.1. The van der Waals surface area contributed by atoms with Crippen molar-refractivity contribution in [3.05, 3.63) is 64.1 Å².